The monoisotopic (exact) mass is 274 g/mol. The van der Waals surface area contributed by atoms with Crippen LogP contribution >= 0.6 is 11.3 Å². The third kappa shape index (κ3) is 3.05. The Morgan fingerprint density at radius 1 is 1.47 bits per heavy atom. The zero-order valence-corrected chi connectivity index (χ0v) is 11.8. The number of thiazole rings is 1. The summed E-state index contributed by atoms with van der Waals surface area (Å²) in [5.41, 5.74) is 1.05. The first-order valence-electron chi connectivity index (χ1n) is 5.84. The number of hydrogen-bond acceptors (Lipinski definition) is 5. The summed E-state index contributed by atoms with van der Waals surface area (Å²) in [6.07, 6.45) is 1.61. The largest absolute Gasteiger partial charge is 0.310 e. The van der Waals surface area contributed by atoms with Crippen LogP contribution in [-0.2, 0) is 16.4 Å². The van der Waals surface area contributed by atoms with Crippen LogP contribution in [-0.4, -0.2) is 30.9 Å². The van der Waals surface area contributed by atoms with E-state index in [2.05, 4.69) is 10.3 Å². The molecule has 0 aromatic carbocycles. The Balaban J connectivity index is 1.86. The van der Waals surface area contributed by atoms with Crippen LogP contribution in [0, 0.1) is 13.8 Å². The second kappa shape index (κ2) is 5.04. The van der Waals surface area contributed by atoms with Gasteiger partial charge in [-0.3, -0.25) is 0 Å². The standard InChI is InChI=1S/C11H18N2O2S2/c1-8-11(16-9(2)13-8)7-12-6-10-4-3-5-17(10,14)15/h10,12H,3-7H2,1-2H3. The molecular weight excluding hydrogens is 256 g/mol. The molecule has 1 saturated heterocycles. The van der Waals surface area contributed by atoms with E-state index in [1.165, 1.54) is 4.88 Å². The van der Waals surface area contributed by atoms with E-state index < -0.39 is 9.84 Å². The minimum atomic E-state index is -2.82. The maximum Gasteiger partial charge on any atom is 0.154 e. The Bertz CT molecular complexity index is 494. The molecule has 1 N–H and O–H groups in total. The average Bonchev–Trinajstić information content (AvgIpc) is 2.71. The summed E-state index contributed by atoms with van der Waals surface area (Å²) in [4.78, 5) is 5.56. The first-order chi connectivity index (χ1) is 7.99. The van der Waals surface area contributed by atoms with E-state index in [1.54, 1.807) is 11.3 Å². The van der Waals surface area contributed by atoms with Gasteiger partial charge < -0.3 is 5.32 Å². The number of aromatic nitrogens is 1. The lowest BCUT2D eigenvalue weighted by molar-refractivity contribution is 0.574. The van der Waals surface area contributed by atoms with E-state index in [0.717, 1.165) is 30.1 Å². The normalized spacial score (nSPS) is 23.1. The summed E-state index contributed by atoms with van der Waals surface area (Å²) in [5, 5.41) is 4.12. The molecular formula is C11H18N2O2S2. The highest BCUT2D eigenvalue weighted by Gasteiger charge is 2.30. The number of nitrogens with one attached hydrogen (secondary N) is 1. The molecule has 2 rings (SSSR count). The Morgan fingerprint density at radius 3 is 2.76 bits per heavy atom. The number of aryl methyl sites for hydroxylation is 2. The maximum absolute atomic E-state index is 11.6. The van der Waals surface area contributed by atoms with Crippen LogP contribution in [0.4, 0.5) is 0 Å². The van der Waals surface area contributed by atoms with Crippen molar-refractivity contribution in [2.24, 2.45) is 0 Å². The second-order valence-corrected chi connectivity index (χ2v) is 8.19. The van der Waals surface area contributed by atoms with E-state index >= 15 is 0 Å². The molecule has 0 saturated carbocycles. The third-order valence-corrected chi connectivity index (χ3v) is 6.47. The van der Waals surface area contributed by atoms with Gasteiger partial charge in [0.1, 0.15) is 0 Å². The molecule has 0 amide bonds. The molecule has 1 aliphatic rings. The van der Waals surface area contributed by atoms with E-state index in [4.69, 9.17) is 0 Å². The summed E-state index contributed by atoms with van der Waals surface area (Å²) < 4.78 is 23.3. The molecule has 2 heterocycles. The van der Waals surface area contributed by atoms with Gasteiger partial charge in [-0.2, -0.15) is 0 Å². The summed E-state index contributed by atoms with van der Waals surface area (Å²) in [6, 6.07) is 0. The smallest absolute Gasteiger partial charge is 0.154 e. The highest BCUT2D eigenvalue weighted by Crippen LogP contribution is 2.20. The molecule has 1 atom stereocenters. The van der Waals surface area contributed by atoms with Crippen LogP contribution in [0.15, 0.2) is 0 Å². The predicted octanol–water partition coefficient (Wildman–Crippen LogP) is 1.43. The van der Waals surface area contributed by atoms with Crippen LogP contribution < -0.4 is 5.32 Å². The maximum atomic E-state index is 11.6. The number of rotatable bonds is 4. The average molecular weight is 274 g/mol. The van der Waals surface area contributed by atoms with E-state index in [0.29, 0.717) is 12.3 Å². The minimum Gasteiger partial charge on any atom is -0.310 e. The van der Waals surface area contributed by atoms with E-state index in [1.807, 2.05) is 13.8 Å². The summed E-state index contributed by atoms with van der Waals surface area (Å²) in [6.45, 7) is 5.28. The van der Waals surface area contributed by atoms with Gasteiger partial charge in [0.25, 0.3) is 0 Å². The molecule has 1 aromatic rings. The van der Waals surface area contributed by atoms with Crippen molar-refractivity contribution < 1.29 is 8.42 Å². The third-order valence-electron chi connectivity index (χ3n) is 3.12. The van der Waals surface area contributed by atoms with Gasteiger partial charge in [-0.1, -0.05) is 0 Å². The van der Waals surface area contributed by atoms with Crippen molar-refractivity contribution >= 4 is 21.2 Å². The molecule has 96 valence electrons. The summed E-state index contributed by atoms with van der Waals surface area (Å²) in [5.74, 6) is 0.359. The predicted molar refractivity (Wildman–Crippen MR) is 70.1 cm³/mol. The molecule has 17 heavy (non-hydrogen) atoms. The van der Waals surface area contributed by atoms with Crippen molar-refractivity contribution in [2.75, 3.05) is 12.3 Å². The molecule has 1 unspecified atom stereocenters. The van der Waals surface area contributed by atoms with Gasteiger partial charge in [-0.05, 0) is 26.7 Å². The van der Waals surface area contributed by atoms with Crippen LogP contribution in [0.1, 0.15) is 28.4 Å². The van der Waals surface area contributed by atoms with Crippen molar-refractivity contribution in [1.82, 2.24) is 10.3 Å². The first kappa shape index (κ1) is 13.0. The van der Waals surface area contributed by atoms with E-state index in [9.17, 15) is 8.42 Å². The van der Waals surface area contributed by atoms with Crippen molar-refractivity contribution in [1.29, 1.82) is 0 Å². The van der Waals surface area contributed by atoms with Crippen molar-refractivity contribution in [2.45, 2.75) is 38.5 Å². The molecule has 0 bridgehead atoms. The lowest BCUT2D eigenvalue weighted by Gasteiger charge is -2.09. The van der Waals surface area contributed by atoms with Gasteiger partial charge in [0.15, 0.2) is 9.84 Å². The fourth-order valence-electron chi connectivity index (χ4n) is 2.17. The Hall–Kier alpha value is -0.460. The second-order valence-electron chi connectivity index (χ2n) is 4.50. The van der Waals surface area contributed by atoms with E-state index in [-0.39, 0.29) is 5.25 Å². The fraction of sp³-hybridized carbons (Fsp3) is 0.727. The van der Waals surface area contributed by atoms with Crippen LogP contribution in [0.25, 0.3) is 0 Å². The van der Waals surface area contributed by atoms with Crippen LogP contribution in [0.3, 0.4) is 0 Å². The number of hydrogen-bond donors (Lipinski definition) is 1. The lowest BCUT2D eigenvalue weighted by Crippen LogP contribution is -2.30. The SMILES string of the molecule is Cc1nc(C)c(CNCC2CCCS2(=O)=O)s1. The van der Waals surface area contributed by atoms with Crippen LogP contribution in [0.5, 0.6) is 0 Å². The van der Waals surface area contributed by atoms with Crippen molar-refractivity contribution in [3.63, 3.8) is 0 Å². The van der Waals surface area contributed by atoms with Gasteiger partial charge in [0, 0.05) is 18.0 Å². The molecule has 1 aromatic heterocycles. The fourth-order valence-corrected chi connectivity index (χ4v) is 4.88. The lowest BCUT2D eigenvalue weighted by atomic mass is 10.2. The molecule has 6 heteroatoms. The van der Waals surface area contributed by atoms with Gasteiger partial charge in [-0.15, -0.1) is 11.3 Å². The Labute approximate surface area is 106 Å². The highest BCUT2D eigenvalue weighted by atomic mass is 32.2. The summed E-state index contributed by atoms with van der Waals surface area (Å²) >= 11 is 1.67. The quantitative estimate of drug-likeness (QED) is 0.902. The minimum absolute atomic E-state index is 0.183. The summed E-state index contributed by atoms with van der Waals surface area (Å²) in [7, 11) is -2.82. The molecule has 4 nitrogen and oxygen atoms in total. The molecule has 0 radical (unpaired) electrons. The number of sulfone groups is 1. The molecule has 0 spiro atoms. The van der Waals surface area contributed by atoms with Gasteiger partial charge in [0.05, 0.1) is 21.7 Å². The van der Waals surface area contributed by atoms with Gasteiger partial charge in [0.2, 0.25) is 0 Å². The van der Waals surface area contributed by atoms with Crippen molar-refractivity contribution in [3.8, 4) is 0 Å². The first-order valence-corrected chi connectivity index (χ1v) is 8.37. The Morgan fingerprint density at radius 2 is 2.24 bits per heavy atom. The molecule has 1 fully saturated rings. The number of nitrogens with zero attached hydrogens (tertiary/aromatic N) is 1. The zero-order valence-electron chi connectivity index (χ0n) is 10.2. The topological polar surface area (TPSA) is 59.1 Å². The van der Waals surface area contributed by atoms with Gasteiger partial charge in [-0.25, -0.2) is 13.4 Å². The van der Waals surface area contributed by atoms with Gasteiger partial charge >= 0.3 is 0 Å². The van der Waals surface area contributed by atoms with Crippen LogP contribution in [0.2, 0.25) is 0 Å². The molecule has 0 aliphatic carbocycles. The highest BCUT2D eigenvalue weighted by molar-refractivity contribution is 7.92. The zero-order chi connectivity index (χ0) is 12.5. The molecule has 1 aliphatic heterocycles. The van der Waals surface area contributed by atoms with Crippen molar-refractivity contribution in [3.05, 3.63) is 15.6 Å². The Kier molecular flexibility index (Phi) is 3.85.